The quantitative estimate of drug-likeness (QED) is 0.435. The molecule has 0 amide bonds. The van der Waals surface area contributed by atoms with Crippen LogP contribution in [0.25, 0.3) is 0 Å². The van der Waals surface area contributed by atoms with Gasteiger partial charge in [0.1, 0.15) is 18.1 Å². The van der Waals surface area contributed by atoms with Crippen LogP contribution in [-0.4, -0.2) is 44.6 Å². The standard InChI is InChI=1S/C23H31NO3S2/c1-16(13-28-21-10-6-7-17(2)22(21)27-15-25-4)11-24-19-12-26-20-9-5-8-18(3)23(20)29-14-19/h5-10,16,19,24H,11-15H2,1-4H3/t16-,19+/m0/s1. The van der Waals surface area contributed by atoms with Gasteiger partial charge in [0.05, 0.1) is 10.9 Å². The van der Waals surface area contributed by atoms with Crippen LogP contribution in [0, 0.1) is 19.8 Å². The fourth-order valence-corrected chi connectivity index (χ4v) is 5.42. The summed E-state index contributed by atoms with van der Waals surface area (Å²) in [5, 5.41) is 3.70. The third kappa shape index (κ3) is 6.32. The fraction of sp³-hybridized carbons (Fsp3) is 0.478. The molecule has 2 aromatic rings. The lowest BCUT2D eigenvalue weighted by atomic mass is 10.2. The second kappa shape index (κ2) is 11.2. The molecule has 3 rings (SSSR count). The van der Waals surface area contributed by atoms with E-state index in [1.807, 2.05) is 23.5 Å². The van der Waals surface area contributed by atoms with E-state index in [4.69, 9.17) is 14.2 Å². The molecule has 0 bridgehead atoms. The van der Waals surface area contributed by atoms with Crippen LogP contribution in [0.15, 0.2) is 46.2 Å². The summed E-state index contributed by atoms with van der Waals surface area (Å²) in [6.07, 6.45) is 0. The molecule has 2 aromatic carbocycles. The van der Waals surface area contributed by atoms with Crippen molar-refractivity contribution in [2.24, 2.45) is 5.92 Å². The Morgan fingerprint density at radius 2 is 2.00 bits per heavy atom. The van der Waals surface area contributed by atoms with Crippen molar-refractivity contribution in [1.29, 1.82) is 0 Å². The first kappa shape index (κ1) is 22.3. The number of hydrogen-bond acceptors (Lipinski definition) is 6. The number of fused-ring (bicyclic) bond motifs is 1. The van der Waals surface area contributed by atoms with Gasteiger partial charge in [0.25, 0.3) is 0 Å². The first-order chi connectivity index (χ1) is 14.1. The summed E-state index contributed by atoms with van der Waals surface area (Å²) in [4.78, 5) is 2.46. The van der Waals surface area contributed by atoms with Crippen molar-refractivity contribution < 1.29 is 14.2 Å². The molecule has 6 heteroatoms. The van der Waals surface area contributed by atoms with Crippen molar-refractivity contribution in [1.82, 2.24) is 5.32 Å². The second-order valence-electron chi connectivity index (χ2n) is 7.50. The van der Waals surface area contributed by atoms with Crippen LogP contribution in [0.3, 0.4) is 0 Å². The Bertz CT molecular complexity index is 800. The summed E-state index contributed by atoms with van der Waals surface area (Å²) < 4.78 is 16.9. The van der Waals surface area contributed by atoms with E-state index in [0.29, 0.717) is 12.0 Å². The molecule has 158 valence electrons. The third-order valence-electron chi connectivity index (χ3n) is 4.82. The zero-order chi connectivity index (χ0) is 20.6. The number of methoxy groups -OCH3 is 1. The van der Waals surface area contributed by atoms with Gasteiger partial charge in [-0.15, -0.1) is 23.5 Å². The number of benzene rings is 2. The van der Waals surface area contributed by atoms with Crippen molar-refractivity contribution >= 4 is 23.5 Å². The molecule has 1 aliphatic heterocycles. The predicted octanol–water partition coefficient (Wildman–Crippen LogP) is 5.16. The molecule has 1 heterocycles. The van der Waals surface area contributed by atoms with Crippen LogP contribution in [0.2, 0.25) is 0 Å². The van der Waals surface area contributed by atoms with Gasteiger partial charge in [-0.1, -0.05) is 31.2 Å². The molecule has 0 aliphatic carbocycles. The van der Waals surface area contributed by atoms with Crippen molar-refractivity contribution in [3.05, 3.63) is 47.5 Å². The topological polar surface area (TPSA) is 39.7 Å². The molecule has 0 saturated heterocycles. The SMILES string of the molecule is COCOc1c(C)cccc1SC[C@@H](C)CN[C@@H]1COc2cccc(C)c2SC1. The van der Waals surface area contributed by atoms with Gasteiger partial charge < -0.3 is 19.5 Å². The number of para-hydroxylation sites is 1. The van der Waals surface area contributed by atoms with E-state index in [-0.39, 0.29) is 6.79 Å². The zero-order valence-electron chi connectivity index (χ0n) is 17.7. The van der Waals surface area contributed by atoms with E-state index in [9.17, 15) is 0 Å². The minimum Gasteiger partial charge on any atom is -0.491 e. The van der Waals surface area contributed by atoms with E-state index in [1.165, 1.54) is 15.4 Å². The van der Waals surface area contributed by atoms with Gasteiger partial charge in [-0.05, 0) is 49.6 Å². The Kier molecular flexibility index (Phi) is 8.60. The number of nitrogens with one attached hydrogen (secondary N) is 1. The molecule has 4 nitrogen and oxygen atoms in total. The average molecular weight is 434 g/mol. The molecule has 1 aliphatic rings. The average Bonchev–Trinajstić information content (AvgIpc) is 2.93. The Balaban J connectivity index is 1.47. The van der Waals surface area contributed by atoms with Gasteiger partial charge >= 0.3 is 0 Å². The summed E-state index contributed by atoms with van der Waals surface area (Å²) in [6, 6.07) is 12.9. The Morgan fingerprint density at radius 1 is 1.21 bits per heavy atom. The van der Waals surface area contributed by atoms with E-state index < -0.39 is 0 Å². The number of aryl methyl sites for hydroxylation is 2. The van der Waals surface area contributed by atoms with Crippen LogP contribution in [0.1, 0.15) is 18.1 Å². The highest BCUT2D eigenvalue weighted by Crippen LogP contribution is 2.35. The lowest BCUT2D eigenvalue weighted by molar-refractivity contribution is 0.0486. The van der Waals surface area contributed by atoms with E-state index in [0.717, 1.165) is 41.7 Å². The zero-order valence-corrected chi connectivity index (χ0v) is 19.3. The molecule has 0 saturated carbocycles. The maximum absolute atomic E-state index is 6.05. The summed E-state index contributed by atoms with van der Waals surface area (Å²) in [6.45, 7) is 8.47. The molecule has 0 radical (unpaired) electrons. The van der Waals surface area contributed by atoms with Gasteiger partial charge in [-0.2, -0.15) is 0 Å². The summed E-state index contributed by atoms with van der Waals surface area (Å²) in [5.41, 5.74) is 2.43. The molecule has 0 spiro atoms. The first-order valence-corrected chi connectivity index (χ1v) is 12.0. The Hall–Kier alpha value is -1.34. The van der Waals surface area contributed by atoms with Gasteiger partial charge in [0.15, 0.2) is 6.79 Å². The monoisotopic (exact) mass is 433 g/mol. The van der Waals surface area contributed by atoms with Crippen LogP contribution >= 0.6 is 23.5 Å². The fourth-order valence-electron chi connectivity index (χ4n) is 3.17. The largest absolute Gasteiger partial charge is 0.491 e. The third-order valence-corrected chi connectivity index (χ3v) is 7.57. The molecule has 1 N–H and O–H groups in total. The normalized spacial score (nSPS) is 17.2. The summed E-state index contributed by atoms with van der Waals surface area (Å²) >= 11 is 3.74. The van der Waals surface area contributed by atoms with Crippen molar-refractivity contribution in [3.8, 4) is 11.5 Å². The molecule has 29 heavy (non-hydrogen) atoms. The van der Waals surface area contributed by atoms with Crippen LogP contribution < -0.4 is 14.8 Å². The molecule has 0 aromatic heterocycles. The molecule has 2 atom stereocenters. The highest BCUT2D eigenvalue weighted by atomic mass is 32.2. The molecular formula is C23H31NO3S2. The maximum Gasteiger partial charge on any atom is 0.188 e. The van der Waals surface area contributed by atoms with Crippen molar-refractivity contribution in [2.45, 2.75) is 36.6 Å². The van der Waals surface area contributed by atoms with Gasteiger partial charge in [-0.3, -0.25) is 0 Å². The van der Waals surface area contributed by atoms with Gasteiger partial charge in [0.2, 0.25) is 0 Å². The predicted molar refractivity (Wildman–Crippen MR) is 123 cm³/mol. The Labute approximate surface area is 183 Å². The van der Waals surface area contributed by atoms with Crippen LogP contribution in [-0.2, 0) is 4.74 Å². The number of hydrogen-bond donors (Lipinski definition) is 1. The minimum atomic E-state index is 0.275. The van der Waals surface area contributed by atoms with E-state index >= 15 is 0 Å². The molecular weight excluding hydrogens is 402 g/mol. The van der Waals surface area contributed by atoms with E-state index in [2.05, 4.69) is 62.5 Å². The van der Waals surface area contributed by atoms with Gasteiger partial charge in [0, 0.05) is 23.5 Å². The number of ether oxygens (including phenoxy) is 3. The van der Waals surface area contributed by atoms with Gasteiger partial charge in [-0.25, -0.2) is 0 Å². The maximum atomic E-state index is 6.05. The lowest BCUT2D eigenvalue weighted by Crippen LogP contribution is -2.39. The number of thioether (sulfide) groups is 2. The number of rotatable bonds is 9. The summed E-state index contributed by atoms with van der Waals surface area (Å²) in [7, 11) is 1.65. The van der Waals surface area contributed by atoms with Crippen LogP contribution in [0.4, 0.5) is 0 Å². The van der Waals surface area contributed by atoms with E-state index in [1.54, 1.807) is 7.11 Å². The highest BCUT2D eigenvalue weighted by molar-refractivity contribution is 7.99. The van der Waals surface area contributed by atoms with Crippen molar-refractivity contribution in [2.75, 3.05) is 38.6 Å². The van der Waals surface area contributed by atoms with Crippen molar-refractivity contribution in [3.63, 3.8) is 0 Å². The van der Waals surface area contributed by atoms with Crippen LogP contribution in [0.5, 0.6) is 11.5 Å². The Morgan fingerprint density at radius 3 is 2.83 bits per heavy atom. The molecule has 0 unspecified atom stereocenters. The highest BCUT2D eigenvalue weighted by Gasteiger charge is 2.19. The minimum absolute atomic E-state index is 0.275. The molecule has 0 fully saturated rings. The second-order valence-corrected chi connectivity index (χ2v) is 9.59. The smallest absolute Gasteiger partial charge is 0.188 e. The first-order valence-electron chi connectivity index (χ1n) is 10.0. The lowest BCUT2D eigenvalue weighted by Gasteiger charge is -2.19. The summed E-state index contributed by atoms with van der Waals surface area (Å²) in [5.74, 6) is 4.55.